The Kier molecular flexibility index (Phi) is 16.7. The predicted octanol–water partition coefficient (Wildman–Crippen LogP) is 9.64. The molecule has 3 fully saturated rings. The molecule has 2 aliphatic heterocycles. The number of nitrogens with zero attached hydrogens (tertiary/aromatic N) is 3. The summed E-state index contributed by atoms with van der Waals surface area (Å²) in [4.78, 5) is 67.3. The van der Waals surface area contributed by atoms with Crippen molar-refractivity contribution in [2.75, 3.05) is 6.54 Å². The molecule has 0 bridgehead atoms. The number of sulfonamides is 1. The number of aryl methyl sites for hydroxylation is 1. The molecule has 14 nitrogen and oxygen atoms in total. The number of pyridine rings is 1. The van der Waals surface area contributed by atoms with Crippen LogP contribution in [-0.4, -0.2) is 93.9 Å². The zero-order valence-electron chi connectivity index (χ0n) is 40.0. The monoisotopic (exact) mass is 980 g/mol. The Morgan fingerprint density at radius 3 is 2.28 bits per heavy atom. The van der Waals surface area contributed by atoms with Crippen LogP contribution in [0.2, 0.25) is 0 Å². The van der Waals surface area contributed by atoms with E-state index in [1.54, 1.807) is 38.3 Å². The number of alkyl halides is 3. The minimum absolute atomic E-state index is 0. The van der Waals surface area contributed by atoms with Crippen molar-refractivity contribution < 1.29 is 54.5 Å². The van der Waals surface area contributed by atoms with Crippen LogP contribution in [0, 0.1) is 24.7 Å². The second-order valence-electron chi connectivity index (χ2n) is 18.3. The number of fused-ring (bicyclic) bond motifs is 2. The molecule has 1 saturated heterocycles. The molecular weight excluding hydrogens is 910 g/mol. The Bertz CT molecular complexity index is 2390. The molecule has 2 aliphatic carbocycles. The maximum Gasteiger partial charge on any atom is 0.427 e. The Balaban J connectivity index is 0.00000234. The van der Waals surface area contributed by atoms with Gasteiger partial charge in [0.25, 0.3) is 5.91 Å². The van der Waals surface area contributed by atoms with Crippen LogP contribution < -0.4 is 20.1 Å². The quantitative estimate of drug-likeness (QED) is 0.174. The molecule has 19 heteroatoms. The van der Waals surface area contributed by atoms with E-state index in [0.717, 1.165) is 11.1 Å². The van der Waals surface area contributed by atoms with Crippen molar-refractivity contribution in [1.29, 1.82) is 0 Å². The molecule has 0 radical (unpaired) electrons. The van der Waals surface area contributed by atoms with Gasteiger partial charge in [-0.15, -0.1) is 11.3 Å². The summed E-state index contributed by atoms with van der Waals surface area (Å²) in [5.41, 5.74) is -1.61. The average Bonchev–Trinajstić information content (AvgIpc) is 4.02. The molecule has 2 saturated carbocycles. The molecular formula is C48H71F3N6O8S2. The van der Waals surface area contributed by atoms with E-state index in [9.17, 15) is 40.8 Å². The van der Waals surface area contributed by atoms with Gasteiger partial charge in [-0.2, -0.15) is 13.2 Å². The van der Waals surface area contributed by atoms with Gasteiger partial charge in [-0.25, -0.2) is 23.2 Å². The van der Waals surface area contributed by atoms with Crippen LogP contribution >= 0.6 is 11.3 Å². The molecule has 0 spiro atoms. The summed E-state index contributed by atoms with van der Waals surface area (Å²) in [7, 11) is -4.09. The number of alkyl carbamates (subject to hydrolysis) is 1. The van der Waals surface area contributed by atoms with Gasteiger partial charge in [0.05, 0.1) is 17.0 Å². The number of rotatable bonds is 9. The molecule has 7 atom stereocenters. The molecule has 3 aromatic rings. The van der Waals surface area contributed by atoms with Gasteiger partial charge in [0, 0.05) is 45.9 Å². The van der Waals surface area contributed by atoms with E-state index in [-0.39, 0.29) is 29.6 Å². The van der Waals surface area contributed by atoms with Crippen LogP contribution in [0.25, 0.3) is 22.0 Å². The van der Waals surface area contributed by atoms with Crippen molar-refractivity contribution >= 4 is 45.2 Å². The first-order valence-electron chi connectivity index (χ1n) is 23.1. The van der Waals surface area contributed by atoms with Gasteiger partial charge in [-0.05, 0) is 78.1 Å². The number of thiazole rings is 1. The molecule has 1 aromatic carbocycles. The summed E-state index contributed by atoms with van der Waals surface area (Å²) >= 11 is 1.37. The Morgan fingerprint density at radius 2 is 1.67 bits per heavy atom. The van der Waals surface area contributed by atoms with Gasteiger partial charge in [0.1, 0.15) is 40.2 Å². The number of aromatic nitrogens is 2. The van der Waals surface area contributed by atoms with Crippen LogP contribution in [0.15, 0.2) is 60.1 Å². The van der Waals surface area contributed by atoms with Gasteiger partial charge in [0.2, 0.25) is 27.4 Å². The molecule has 4 heterocycles. The van der Waals surface area contributed by atoms with Crippen molar-refractivity contribution in [3.63, 3.8) is 0 Å². The fourth-order valence-corrected chi connectivity index (χ4v) is 10.1. The second kappa shape index (κ2) is 21.1. The third-order valence-electron chi connectivity index (χ3n) is 12.7. The summed E-state index contributed by atoms with van der Waals surface area (Å²) in [6.07, 6.45) is 0.320. The molecule has 4 amide bonds. The molecule has 7 rings (SSSR count). The van der Waals surface area contributed by atoms with Crippen molar-refractivity contribution in [1.82, 2.24) is 30.2 Å². The zero-order chi connectivity index (χ0) is 49.7. The first-order chi connectivity index (χ1) is 31.5. The molecule has 67 heavy (non-hydrogen) atoms. The van der Waals surface area contributed by atoms with Gasteiger partial charge in [0.15, 0.2) is 0 Å². The van der Waals surface area contributed by atoms with Crippen LogP contribution in [0.4, 0.5) is 18.0 Å². The lowest BCUT2D eigenvalue weighted by molar-refractivity contribution is -0.244. The normalized spacial score (nSPS) is 26.5. The number of hydrogen-bond acceptors (Lipinski definition) is 11. The van der Waals surface area contributed by atoms with Gasteiger partial charge in [-0.1, -0.05) is 83.5 Å². The highest BCUT2D eigenvalue weighted by Gasteiger charge is 2.63. The minimum Gasteiger partial charge on any atom is -0.488 e. The van der Waals surface area contributed by atoms with Crippen LogP contribution in [0.5, 0.6) is 5.75 Å². The third kappa shape index (κ3) is 12.2. The first-order valence-corrected chi connectivity index (χ1v) is 25.4. The van der Waals surface area contributed by atoms with E-state index < -0.39 is 85.9 Å². The number of carbonyl (C=O) groups excluding carboxylic acids is 4. The van der Waals surface area contributed by atoms with E-state index in [1.807, 2.05) is 77.3 Å². The topological polar surface area (TPSA) is 186 Å². The molecule has 2 aromatic heterocycles. The number of halogens is 3. The summed E-state index contributed by atoms with van der Waals surface area (Å²) in [6.45, 7) is 16.3. The van der Waals surface area contributed by atoms with Gasteiger partial charge >= 0.3 is 12.3 Å². The summed E-state index contributed by atoms with van der Waals surface area (Å²) in [6, 6.07) is 8.38. The maximum atomic E-state index is 14.9. The molecule has 3 N–H and O–H groups in total. The minimum atomic E-state index is -4.92. The first kappa shape index (κ1) is 52.9. The Morgan fingerprint density at radius 1 is 1.01 bits per heavy atom. The number of allylic oxidation sites excluding steroid dienone is 1. The highest BCUT2D eigenvalue weighted by atomic mass is 32.2. The third-order valence-corrected chi connectivity index (χ3v) is 15.6. The summed E-state index contributed by atoms with van der Waals surface area (Å²) in [5, 5.41) is 7.66. The zero-order valence-corrected chi connectivity index (χ0v) is 41.6. The molecule has 374 valence electrons. The SMILES string of the molecule is CC.CC.Cc1ccc(-c2cc(O[C@@H]3C[C@H]4C(=O)N[C@]5(C(=O)NS(=O)(=O)C6(C)CC6)C[C@H]5/C=C\CC[C@@H](C)C[C@@H](C)[C@H](NC(=O)OC(C)(C)C(F)(F)F)C(=O)N4C3)cc(-c3nccs3)n2)cc1.[HH].[HH].[HH]. The smallest absolute Gasteiger partial charge is 0.427 e. The van der Waals surface area contributed by atoms with Crippen LogP contribution in [-0.2, 0) is 29.1 Å². The Hall–Kier alpha value is -5.04. The van der Waals surface area contributed by atoms with Crippen molar-refractivity contribution in [2.45, 2.75) is 154 Å². The number of ether oxygens (including phenoxy) is 2. The largest absolute Gasteiger partial charge is 0.488 e. The second-order valence-corrected chi connectivity index (χ2v) is 21.3. The van der Waals surface area contributed by atoms with Gasteiger partial charge < -0.3 is 25.0 Å². The van der Waals surface area contributed by atoms with Crippen molar-refractivity contribution in [3.8, 4) is 27.7 Å². The van der Waals surface area contributed by atoms with E-state index >= 15 is 0 Å². The van der Waals surface area contributed by atoms with Crippen LogP contribution in [0.1, 0.15) is 117 Å². The van der Waals surface area contributed by atoms with E-state index in [4.69, 9.17) is 14.5 Å². The number of nitrogens with one attached hydrogen (secondary N) is 3. The molecule has 0 unspecified atom stereocenters. The fourth-order valence-electron chi connectivity index (χ4n) is 8.14. The Labute approximate surface area is 400 Å². The van der Waals surface area contributed by atoms with E-state index in [1.165, 1.54) is 16.2 Å². The average molecular weight is 981 g/mol. The van der Waals surface area contributed by atoms with Gasteiger partial charge in [-0.3, -0.25) is 19.1 Å². The van der Waals surface area contributed by atoms with Crippen LogP contribution in [0.3, 0.4) is 0 Å². The highest BCUT2D eigenvalue weighted by Crippen LogP contribution is 2.48. The maximum absolute atomic E-state index is 14.9. The van der Waals surface area contributed by atoms with Crippen molar-refractivity contribution in [2.24, 2.45) is 17.8 Å². The number of benzene rings is 1. The lowest BCUT2D eigenvalue weighted by Crippen LogP contribution is -2.59. The number of amides is 4. The lowest BCUT2D eigenvalue weighted by atomic mass is 9.88. The number of carbonyl (C=O) groups is 4. The van der Waals surface area contributed by atoms with E-state index in [2.05, 4.69) is 20.3 Å². The highest BCUT2D eigenvalue weighted by molar-refractivity contribution is 7.91. The van der Waals surface area contributed by atoms with E-state index in [0.29, 0.717) is 68.1 Å². The summed E-state index contributed by atoms with van der Waals surface area (Å²) < 4.78 is 80.6. The lowest BCUT2D eigenvalue weighted by Gasteiger charge is -2.34. The fraction of sp³-hybridized carbons (Fsp3) is 0.583. The molecule has 4 aliphatic rings. The summed E-state index contributed by atoms with van der Waals surface area (Å²) in [5.74, 6) is -3.33. The standard InChI is InChI=1S/C44H53F3N6O8S2.2C2H6.3H2/c1-25-11-13-28(14-12-25)32-20-30(21-33(49-32)37-48-17-18-62-37)60-31-22-34-36(54)51-43(39(56)52-63(58,59)42(6)15-16-42)23-29(43)10-8-7-9-26(2)19-27(3)35(38(55)53(34)24-31)50-40(57)61-41(4,5)44(45,46)47;2*1-2;;;/h8,10-14,17-18,20-21,26-27,29,31,34-35H,7,9,15-16,19,22-24H2,1-6H3,(H,50,57)(H,51,54)(H,52,56);2*1-2H3;3*1H/b10-8-;;;;;/t26-,27-,29-,31-,34+,35+,43-;;;;;/m1...../s1. The van der Waals surface area contributed by atoms with Crippen molar-refractivity contribution in [3.05, 3.63) is 65.7 Å². The predicted molar refractivity (Wildman–Crippen MR) is 258 cm³/mol. The number of hydrogen-bond donors (Lipinski definition) is 3.